The lowest BCUT2D eigenvalue weighted by molar-refractivity contribution is -0.115. The summed E-state index contributed by atoms with van der Waals surface area (Å²) in [5.74, 6) is 3.15. The van der Waals surface area contributed by atoms with Gasteiger partial charge in [0.15, 0.2) is 5.78 Å². The Labute approximate surface area is 281 Å². The average molecular weight is 625 g/mol. The number of fused-ring (bicyclic) bond motifs is 1. The zero-order valence-electron chi connectivity index (χ0n) is 28.1. The van der Waals surface area contributed by atoms with Crippen LogP contribution in [0.5, 0.6) is 0 Å². The zero-order valence-corrected chi connectivity index (χ0v) is 28.1. The van der Waals surface area contributed by atoms with Crippen LogP contribution in [0.2, 0.25) is 0 Å². The summed E-state index contributed by atoms with van der Waals surface area (Å²) in [7, 11) is 0. The fourth-order valence-corrected chi connectivity index (χ4v) is 17.0. The number of allylic oxidation sites excluding steroid dienone is 2. The summed E-state index contributed by atoms with van der Waals surface area (Å²) < 4.78 is 0. The van der Waals surface area contributed by atoms with Crippen LogP contribution in [-0.4, -0.2) is 5.78 Å². The van der Waals surface area contributed by atoms with Crippen LogP contribution in [0.4, 0.5) is 0 Å². The van der Waals surface area contributed by atoms with Crippen molar-refractivity contribution in [3.05, 3.63) is 66.9 Å². The van der Waals surface area contributed by atoms with Gasteiger partial charge in [-0.3, -0.25) is 4.79 Å². The molecule has 9 aliphatic carbocycles. The van der Waals surface area contributed by atoms with Crippen molar-refractivity contribution in [2.24, 2.45) is 23.7 Å². The Hall–Kier alpha value is -4.23. The molecule has 1 spiro atoms. The summed E-state index contributed by atoms with van der Waals surface area (Å²) in [6.07, 6.45) is 12.9. The van der Waals surface area contributed by atoms with Crippen LogP contribution in [-0.2, 0) is 22.0 Å². The third kappa shape index (κ3) is 1.77. The van der Waals surface area contributed by atoms with Gasteiger partial charge in [0.25, 0.3) is 0 Å². The van der Waals surface area contributed by atoms with E-state index >= 15 is 0 Å². The van der Waals surface area contributed by atoms with E-state index in [1.807, 2.05) is 11.1 Å². The van der Waals surface area contributed by atoms with Crippen LogP contribution in [0.25, 0.3) is 98.2 Å². The molecule has 1 heteroatoms. The Morgan fingerprint density at radius 2 is 1.59 bits per heavy atom. The van der Waals surface area contributed by atoms with Crippen molar-refractivity contribution in [1.82, 2.24) is 0 Å². The number of ketones is 1. The van der Waals surface area contributed by atoms with Crippen molar-refractivity contribution >= 4 is 104 Å². The molecule has 230 valence electrons. The van der Waals surface area contributed by atoms with Gasteiger partial charge < -0.3 is 0 Å². The van der Waals surface area contributed by atoms with E-state index in [1.165, 1.54) is 31.1 Å². The lowest BCUT2D eigenvalue weighted by atomic mass is 9.53. The molecule has 0 N–H and O–H groups in total. The molecule has 8 aromatic rings. The summed E-state index contributed by atoms with van der Waals surface area (Å²) in [5.41, 5.74) is 13.6. The maximum absolute atomic E-state index is 13.7. The number of hydrogen-bond donors (Lipinski definition) is 0. The summed E-state index contributed by atoms with van der Waals surface area (Å²) >= 11 is 0. The van der Waals surface area contributed by atoms with Gasteiger partial charge in [-0.25, -0.2) is 0 Å². The van der Waals surface area contributed by atoms with E-state index in [0.717, 1.165) is 24.3 Å². The van der Waals surface area contributed by atoms with Gasteiger partial charge in [-0.05, 0) is 197 Å². The molecule has 0 radical (unpaired) electrons. The van der Waals surface area contributed by atoms with Gasteiger partial charge in [-0.15, -0.1) is 0 Å². The van der Waals surface area contributed by atoms with Gasteiger partial charge in [0.1, 0.15) is 0 Å². The summed E-state index contributed by atoms with van der Waals surface area (Å²) in [6, 6.07) is 5.28. The van der Waals surface area contributed by atoms with Crippen LogP contribution in [0.15, 0.2) is 23.8 Å². The molecule has 0 bridgehead atoms. The van der Waals surface area contributed by atoms with E-state index in [-0.39, 0.29) is 10.8 Å². The summed E-state index contributed by atoms with van der Waals surface area (Å²) in [4.78, 5) is 13.7. The first-order chi connectivity index (χ1) is 23.9. The van der Waals surface area contributed by atoms with Gasteiger partial charge in [0.2, 0.25) is 0 Å². The van der Waals surface area contributed by atoms with Gasteiger partial charge in [0, 0.05) is 23.7 Å². The van der Waals surface area contributed by atoms with Crippen molar-refractivity contribution in [2.75, 3.05) is 0 Å². The Morgan fingerprint density at radius 1 is 0.796 bits per heavy atom. The molecule has 0 amide bonds. The third-order valence-electron chi connectivity index (χ3n) is 17.5. The van der Waals surface area contributed by atoms with Gasteiger partial charge in [0.05, 0.1) is 0 Å². The minimum atomic E-state index is 0.00477. The minimum absolute atomic E-state index is 0.00477. The van der Waals surface area contributed by atoms with E-state index in [4.69, 9.17) is 0 Å². The number of carbonyl (C=O) groups is 1. The molecule has 17 rings (SSSR count). The van der Waals surface area contributed by atoms with Gasteiger partial charge in [-0.2, -0.15) is 0 Å². The maximum Gasteiger partial charge on any atom is 0.158 e. The fraction of sp³-hybridized carbons (Fsp3) is 0.354. The normalized spacial score (nSPS) is 34.6. The molecule has 0 heterocycles. The molecule has 1 nitrogen and oxygen atoms in total. The SMILES string of the molecule is CCC(=O)C1=CC(C)C2C3=c4c5c6c7c8c9c%10c%11c%12c%13c%14c(cc%15cc(c%16c4c(c5c8%11)c%12c%14c%15%16)C3)=CC3CC(CC9(C)CC=7CC62C1)C%10C=%133. The van der Waals surface area contributed by atoms with E-state index in [0.29, 0.717) is 35.9 Å². The molecule has 0 aliphatic heterocycles. The lowest BCUT2D eigenvalue weighted by Gasteiger charge is -2.49. The first kappa shape index (κ1) is 23.2. The predicted molar refractivity (Wildman–Crippen MR) is 200 cm³/mol. The first-order valence-corrected chi connectivity index (χ1v) is 19.5. The number of carbonyl (C=O) groups excluding carboxylic acids is 1. The van der Waals surface area contributed by atoms with Crippen molar-refractivity contribution in [2.45, 2.75) is 82.5 Å². The molecular weight excluding hydrogens is 593 g/mol. The lowest BCUT2D eigenvalue weighted by Crippen LogP contribution is -2.48. The van der Waals surface area contributed by atoms with Crippen molar-refractivity contribution in [3.8, 4) is 0 Å². The molecule has 8 aromatic carbocycles. The van der Waals surface area contributed by atoms with E-state index in [2.05, 4.69) is 45.1 Å². The Bertz CT molecular complexity index is 3490. The van der Waals surface area contributed by atoms with E-state index in [1.54, 1.807) is 119 Å². The first-order valence-electron chi connectivity index (χ1n) is 19.5. The standard InChI is InChI=1S/C48H32O/c1-4-24(49)20-5-15(2)44-23-10-19-8-16-6-17-7-18-9-21-11-47(3)12-22-14-48(44,13-20)46-30(22)42-40-38-36-33(26(18)29(21)41(38)45(42)47)28(17)32-25(16)27(19)34-31(23)43(46)39(40)37(34)35(32)36/h5-8,15,18,21,29,44H,4,9-14H2,1-3H3. The summed E-state index contributed by atoms with van der Waals surface area (Å²) in [6.45, 7) is 7.26. The molecule has 7 unspecified atom stereocenters. The highest BCUT2D eigenvalue weighted by Gasteiger charge is 2.61. The second-order valence-electron chi connectivity index (χ2n) is 19.2. The average Bonchev–Trinajstić information content (AvgIpc) is 3.90. The van der Waals surface area contributed by atoms with Crippen LogP contribution < -0.4 is 20.9 Å². The molecule has 0 aromatic heterocycles. The second kappa shape index (κ2) is 6.08. The second-order valence-corrected chi connectivity index (χ2v) is 19.2. The van der Waals surface area contributed by atoms with E-state index in [9.17, 15) is 4.79 Å². The molecule has 0 saturated heterocycles. The maximum atomic E-state index is 13.7. The quantitative estimate of drug-likeness (QED) is 0.180. The van der Waals surface area contributed by atoms with Crippen LogP contribution in [0.1, 0.15) is 87.5 Å². The highest BCUT2D eigenvalue weighted by molar-refractivity contribution is 6.53. The number of Topliss-reactive ketones (excluding diaryl/α,β-unsaturated/α-hetero) is 1. The number of benzene rings is 4. The molecule has 1 fully saturated rings. The highest BCUT2D eigenvalue weighted by atomic mass is 16.1. The zero-order chi connectivity index (χ0) is 31.3. The molecule has 9 aliphatic rings. The predicted octanol–water partition coefficient (Wildman–Crippen LogP) is 7.77. The van der Waals surface area contributed by atoms with E-state index < -0.39 is 0 Å². The smallest absolute Gasteiger partial charge is 0.158 e. The highest BCUT2D eigenvalue weighted by Crippen LogP contribution is 2.71. The Kier molecular flexibility index (Phi) is 2.88. The molecular formula is C48H32O. The van der Waals surface area contributed by atoms with Crippen molar-refractivity contribution < 1.29 is 4.79 Å². The van der Waals surface area contributed by atoms with Crippen molar-refractivity contribution in [1.29, 1.82) is 0 Å². The molecule has 1 saturated carbocycles. The Balaban J connectivity index is 1.28. The topological polar surface area (TPSA) is 17.1 Å². The number of rotatable bonds is 2. The monoisotopic (exact) mass is 624 g/mol. The minimum Gasteiger partial charge on any atom is -0.295 e. The third-order valence-corrected chi connectivity index (χ3v) is 17.5. The Morgan fingerprint density at radius 3 is 2.47 bits per heavy atom. The van der Waals surface area contributed by atoms with Crippen LogP contribution in [0, 0.1) is 23.7 Å². The largest absolute Gasteiger partial charge is 0.295 e. The summed E-state index contributed by atoms with van der Waals surface area (Å²) in [5, 5.41) is 29.7. The molecule has 7 atom stereocenters. The van der Waals surface area contributed by atoms with Crippen molar-refractivity contribution in [3.63, 3.8) is 0 Å². The van der Waals surface area contributed by atoms with Crippen LogP contribution in [0.3, 0.4) is 0 Å². The fourth-order valence-electron chi connectivity index (χ4n) is 17.0. The van der Waals surface area contributed by atoms with Gasteiger partial charge >= 0.3 is 0 Å². The number of hydrogen-bond acceptors (Lipinski definition) is 1. The molecule has 49 heavy (non-hydrogen) atoms. The van der Waals surface area contributed by atoms with Crippen LogP contribution >= 0.6 is 0 Å². The van der Waals surface area contributed by atoms with Gasteiger partial charge in [-0.1, -0.05) is 50.1 Å².